The summed E-state index contributed by atoms with van der Waals surface area (Å²) in [7, 11) is 0. The van der Waals surface area contributed by atoms with Crippen molar-refractivity contribution in [3.05, 3.63) is 137 Å². The average Bonchev–Trinajstić information content (AvgIpc) is 3.02. The van der Waals surface area contributed by atoms with Gasteiger partial charge >= 0.3 is 5.97 Å². The summed E-state index contributed by atoms with van der Waals surface area (Å²) in [5, 5.41) is 23.9. The van der Waals surface area contributed by atoms with Gasteiger partial charge in [-0.1, -0.05) is 60.7 Å². The van der Waals surface area contributed by atoms with Gasteiger partial charge < -0.3 is 20.5 Å². The number of carbonyl (C=O) groups excluding carboxylic acids is 2. The number of carboxylic acid groups (broad SMARTS) is 1. The first kappa shape index (κ1) is 29.6. The van der Waals surface area contributed by atoms with Gasteiger partial charge in [0.1, 0.15) is 23.2 Å². The van der Waals surface area contributed by atoms with Crippen LogP contribution in [-0.2, 0) is 15.3 Å². The van der Waals surface area contributed by atoms with E-state index in [0.29, 0.717) is 28.4 Å². The maximum Gasteiger partial charge on any atom is 0.327 e. The minimum Gasteiger partial charge on any atom is -0.480 e. The lowest BCUT2D eigenvalue weighted by molar-refractivity contribution is -0.140. The van der Waals surface area contributed by atoms with Crippen molar-refractivity contribution < 1.29 is 24.2 Å². The van der Waals surface area contributed by atoms with Gasteiger partial charge in [-0.2, -0.15) is 17.0 Å². The molecule has 3 N–H and O–H groups in total. The van der Waals surface area contributed by atoms with E-state index in [1.54, 1.807) is 24.3 Å². The molecule has 0 aromatic heterocycles. The molecule has 0 saturated carbocycles. The molecule has 2 amide bonds. The summed E-state index contributed by atoms with van der Waals surface area (Å²) in [5.41, 5.74) is 2.09. The fraction of sp³-hybridized carbons (Fsp3) is 0.0909. The molecule has 0 saturated heterocycles. The van der Waals surface area contributed by atoms with E-state index in [4.69, 9.17) is 10.00 Å². The van der Waals surface area contributed by atoms with E-state index < -0.39 is 23.8 Å². The van der Waals surface area contributed by atoms with Crippen LogP contribution < -0.4 is 15.4 Å². The number of benzene rings is 4. The minimum atomic E-state index is -1.19. The molecule has 42 heavy (non-hydrogen) atoms. The predicted octanol–water partition coefficient (Wildman–Crippen LogP) is 5.62. The minimum absolute atomic E-state index is 0.123. The number of carboxylic acids is 1. The zero-order valence-corrected chi connectivity index (χ0v) is 23.2. The first-order chi connectivity index (χ1) is 20.4. The summed E-state index contributed by atoms with van der Waals surface area (Å²) in [6.07, 6.45) is 1.46. The summed E-state index contributed by atoms with van der Waals surface area (Å²) in [4.78, 5) is 38.3. The van der Waals surface area contributed by atoms with E-state index >= 15 is 0 Å². The molecule has 210 valence electrons. The number of rotatable bonds is 12. The van der Waals surface area contributed by atoms with Crippen molar-refractivity contribution in [1.82, 2.24) is 10.6 Å². The Labute approximate surface area is 247 Å². The third-order valence-electron chi connectivity index (χ3n) is 5.94. The second kappa shape index (κ2) is 14.9. The van der Waals surface area contributed by atoms with Crippen LogP contribution >= 0.6 is 11.8 Å². The molecule has 0 aliphatic rings. The Hall–Kier alpha value is -5.33. The van der Waals surface area contributed by atoms with E-state index in [-0.39, 0.29) is 17.0 Å². The highest BCUT2D eigenvalue weighted by Gasteiger charge is 2.23. The molecule has 0 aliphatic carbocycles. The quantitative estimate of drug-likeness (QED) is 0.186. The van der Waals surface area contributed by atoms with Gasteiger partial charge in [0.05, 0.1) is 11.6 Å². The van der Waals surface area contributed by atoms with Gasteiger partial charge in [0, 0.05) is 17.1 Å². The number of thioether (sulfide) groups is 1. The van der Waals surface area contributed by atoms with Gasteiger partial charge in [0.2, 0.25) is 0 Å². The van der Waals surface area contributed by atoms with Crippen LogP contribution in [0.25, 0.3) is 6.08 Å². The summed E-state index contributed by atoms with van der Waals surface area (Å²) < 4.78 is 5.82. The SMILES string of the molecule is N#Cc1ccc(C(=O)NC(=Cc2ccc(Oc3ccccc3)cc2)C(=O)N[C@@H](CSCc2ccccc2)C(=O)O)cc1. The van der Waals surface area contributed by atoms with E-state index in [1.807, 2.05) is 66.7 Å². The highest BCUT2D eigenvalue weighted by Crippen LogP contribution is 2.22. The largest absolute Gasteiger partial charge is 0.480 e. The molecular formula is C33H27N3O5S. The number of carbonyl (C=O) groups is 3. The summed E-state index contributed by atoms with van der Waals surface area (Å²) in [5.74, 6) is -0.588. The molecular weight excluding hydrogens is 550 g/mol. The standard InChI is InChI=1S/C33H27N3O5S/c34-20-24-11-15-26(16-12-24)31(37)35-29(19-23-13-17-28(18-14-23)41-27-9-5-2-6-10-27)32(38)36-30(33(39)40)22-42-21-25-7-3-1-4-8-25/h1-19,30H,21-22H2,(H,35,37)(H,36,38)(H,39,40)/t30-/m0/s1. The molecule has 8 nitrogen and oxygen atoms in total. The number of nitrogens with one attached hydrogen (secondary N) is 2. The van der Waals surface area contributed by atoms with Crippen molar-refractivity contribution in [2.24, 2.45) is 0 Å². The van der Waals surface area contributed by atoms with Crippen LogP contribution in [0.5, 0.6) is 11.5 Å². The molecule has 4 rings (SSSR count). The van der Waals surface area contributed by atoms with Crippen LogP contribution in [-0.4, -0.2) is 34.7 Å². The van der Waals surface area contributed by atoms with E-state index in [9.17, 15) is 19.5 Å². The van der Waals surface area contributed by atoms with Crippen LogP contribution in [0.4, 0.5) is 0 Å². The number of amides is 2. The van der Waals surface area contributed by atoms with Crippen LogP contribution in [0.2, 0.25) is 0 Å². The fourth-order valence-corrected chi connectivity index (χ4v) is 4.76. The Morgan fingerprint density at radius 1 is 0.857 bits per heavy atom. The van der Waals surface area contributed by atoms with Crippen molar-refractivity contribution in [3.63, 3.8) is 0 Å². The second-order valence-corrected chi connectivity index (χ2v) is 10.1. The molecule has 0 fully saturated rings. The van der Waals surface area contributed by atoms with E-state index in [1.165, 1.54) is 42.1 Å². The third-order valence-corrected chi connectivity index (χ3v) is 7.05. The van der Waals surface area contributed by atoms with Gasteiger partial charge in [-0.3, -0.25) is 9.59 Å². The Morgan fingerprint density at radius 2 is 1.48 bits per heavy atom. The maximum absolute atomic E-state index is 13.3. The molecule has 0 unspecified atom stereocenters. The van der Waals surface area contributed by atoms with Crippen LogP contribution in [0.1, 0.15) is 27.0 Å². The molecule has 0 bridgehead atoms. The summed E-state index contributed by atoms with van der Waals surface area (Å²) in [6, 6.07) is 32.4. The van der Waals surface area contributed by atoms with Crippen LogP contribution in [0.3, 0.4) is 0 Å². The Kier molecular flexibility index (Phi) is 10.5. The molecule has 0 radical (unpaired) electrons. The van der Waals surface area contributed by atoms with E-state index in [0.717, 1.165) is 5.56 Å². The smallest absolute Gasteiger partial charge is 0.327 e. The molecule has 9 heteroatoms. The molecule has 4 aromatic rings. The molecule has 4 aromatic carbocycles. The molecule has 0 spiro atoms. The summed E-state index contributed by atoms with van der Waals surface area (Å²) in [6.45, 7) is 0. The van der Waals surface area contributed by atoms with Gasteiger partial charge in [-0.25, -0.2) is 4.79 Å². The predicted molar refractivity (Wildman–Crippen MR) is 162 cm³/mol. The van der Waals surface area contributed by atoms with Crippen molar-refractivity contribution in [2.45, 2.75) is 11.8 Å². The van der Waals surface area contributed by atoms with Crippen molar-refractivity contribution in [2.75, 3.05) is 5.75 Å². The first-order valence-electron chi connectivity index (χ1n) is 12.9. The fourth-order valence-electron chi connectivity index (χ4n) is 3.75. The number of ether oxygens (including phenoxy) is 1. The number of hydrogen-bond donors (Lipinski definition) is 3. The number of nitriles is 1. The number of hydrogen-bond acceptors (Lipinski definition) is 6. The zero-order valence-electron chi connectivity index (χ0n) is 22.4. The lowest BCUT2D eigenvalue weighted by atomic mass is 10.1. The highest BCUT2D eigenvalue weighted by atomic mass is 32.2. The second-order valence-electron chi connectivity index (χ2n) is 9.05. The maximum atomic E-state index is 13.3. The van der Waals surface area contributed by atoms with Gasteiger partial charge in [-0.15, -0.1) is 0 Å². The van der Waals surface area contributed by atoms with Crippen LogP contribution in [0.15, 0.2) is 115 Å². The Morgan fingerprint density at radius 3 is 2.10 bits per heavy atom. The highest BCUT2D eigenvalue weighted by molar-refractivity contribution is 7.98. The number of para-hydroxylation sites is 1. The zero-order chi connectivity index (χ0) is 29.7. The molecule has 0 aliphatic heterocycles. The van der Waals surface area contributed by atoms with Crippen molar-refractivity contribution in [1.29, 1.82) is 5.26 Å². The van der Waals surface area contributed by atoms with Gasteiger partial charge in [0.25, 0.3) is 11.8 Å². The number of aliphatic carboxylic acids is 1. The number of nitrogens with zero attached hydrogens (tertiary/aromatic N) is 1. The Bertz CT molecular complexity index is 1580. The normalized spacial score (nSPS) is 11.5. The topological polar surface area (TPSA) is 129 Å². The monoisotopic (exact) mass is 577 g/mol. The first-order valence-corrected chi connectivity index (χ1v) is 14.1. The summed E-state index contributed by atoms with van der Waals surface area (Å²) >= 11 is 1.37. The molecule has 0 heterocycles. The van der Waals surface area contributed by atoms with Gasteiger partial charge in [0.15, 0.2) is 0 Å². The average molecular weight is 578 g/mol. The lowest BCUT2D eigenvalue weighted by Gasteiger charge is -2.17. The third kappa shape index (κ3) is 8.84. The van der Waals surface area contributed by atoms with Crippen LogP contribution in [0, 0.1) is 11.3 Å². The Balaban J connectivity index is 1.51. The van der Waals surface area contributed by atoms with Crippen molar-refractivity contribution >= 4 is 35.6 Å². The van der Waals surface area contributed by atoms with Crippen molar-refractivity contribution in [3.8, 4) is 17.6 Å². The van der Waals surface area contributed by atoms with Gasteiger partial charge in [-0.05, 0) is 65.7 Å². The molecule has 1 atom stereocenters. The van der Waals surface area contributed by atoms with E-state index in [2.05, 4.69) is 10.6 Å². The lowest BCUT2D eigenvalue weighted by Crippen LogP contribution is -2.45.